The van der Waals surface area contributed by atoms with Crippen LogP contribution in [0.15, 0.2) is 12.1 Å². The SMILES string of the molecule is Cc1cc(Cl)cc(C)c1N1CCCC([N+]2(C)CCCCCC2)C1=O. The number of carbonyl (C=O) groups is 1. The van der Waals surface area contributed by atoms with E-state index in [0.29, 0.717) is 5.91 Å². The first kappa shape index (κ1) is 17.8. The van der Waals surface area contributed by atoms with E-state index in [1.165, 1.54) is 25.7 Å². The Morgan fingerprint density at radius 1 is 1.04 bits per heavy atom. The summed E-state index contributed by atoms with van der Waals surface area (Å²) in [7, 11) is 2.30. The highest BCUT2D eigenvalue weighted by molar-refractivity contribution is 6.30. The molecular formula is C20H30ClN2O+. The van der Waals surface area contributed by atoms with Crippen molar-refractivity contribution in [2.45, 2.75) is 58.4 Å². The molecule has 1 atom stereocenters. The third-order valence-corrected chi connectivity index (χ3v) is 6.19. The first-order valence-corrected chi connectivity index (χ1v) is 9.72. The zero-order valence-electron chi connectivity index (χ0n) is 15.3. The van der Waals surface area contributed by atoms with Gasteiger partial charge in [0.2, 0.25) is 0 Å². The second-order valence-electron chi connectivity index (χ2n) is 7.88. The molecule has 0 radical (unpaired) electrons. The first-order valence-electron chi connectivity index (χ1n) is 9.35. The number of amides is 1. The highest BCUT2D eigenvalue weighted by Crippen LogP contribution is 2.34. The van der Waals surface area contributed by atoms with Crippen molar-refractivity contribution in [2.24, 2.45) is 0 Å². The van der Waals surface area contributed by atoms with Crippen molar-refractivity contribution in [1.82, 2.24) is 0 Å². The van der Waals surface area contributed by atoms with Gasteiger partial charge in [-0.2, -0.15) is 0 Å². The predicted octanol–water partition coefficient (Wildman–Crippen LogP) is 4.47. The van der Waals surface area contributed by atoms with E-state index in [1.807, 2.05) is 17.0 Å². The van der Waals surface area contributed by atoms with Crippen LogP contribution in [0.3, 0.4) is 0 Å². The molecule has 24 heavy (non-hydrogen) atoms. The molecule has 2 aliphatic rings. The second-order valence-corrected chi connectivity index (χ2v) is 8.31. The highest BCUT2D eigenvalue weighted by Gasteiger charge is 2.43. The Bertz CT molecular complexity index is 597. The van der Waals surface area contributed by atoms with Crippen LogP contribution in [-0.2, 0) is 4.79 Å². The fourth-order valence-corrected chi connectivity index (χ4v) is 5.04. The minimum absolute atomic E-state index is 0.117. The van der Waals surface area contributed by atoms with Crippen molar-refractivity contribution < 1.29 is 9.28 Å². The third-order valence-electron chi connectivity index (χ3n) is 5.98. The smallest absolute Gasteiger partial charge is 0.285 e. The van der Waals surface area contributed by atoms with E-state index < -0.39 is 0 Å². The molecule has 132 valence electrons. The van der Waals surface area contributed by atoms with Crippen LogP contribution in [0.25, 0.3) is 0 Å². The second kappa shape index (κ2) is 7.05. The summed E-state index contributed by atoms with van der Waals surface area (Å²) in [5, 5.41) is 0.751. The summed E-state index contributed by atoms with van der Waals surface area (Å²) in [6.45, 7) is 7.24. The van der Waals surface area contributed by atoms with Crippen LogP contribution in [0.1, 0.15) is 49.7 Å². The maximum atomic E-state index is 13.4. The fraction of sp³-hybridized carbons (Fsp3) is 0.650. The minimum Gasteiger partial charge on any atom is -0.316 e. The van der Waals surface area contributed by atoms with E-state index in [2.05, 4.69) is 20.9 Å². The molecule has 2 aliphatic heterocycles. The number of likely N-dealkylation sites (tertiary alicyclic amines) is 1. The van der Waals surface area contributed by atoms with E-state index in [4.69, 9.17) is 11.6 Å². The van der Waals surface area contributed by atoms with E-state index in [9.17, 15) is 4.79 Å². The molecule has 0 aromatic heterocycles. The summed E-state index contributed by atoms with van der Waals surface area (Å²) < 4.78 is 0.932. The Morgan fingerprint density at radius 2 is 1.62 bits per heavy atom. The van der Waals surface area contributed by atoms with Gasteiger partial charge in [-0.15, -0.1) is 0 Å². The summed E-state index contributed by atoms with van der Waals surface area (Å²) in [6, 6.07) is 4.07. The Morgan fingerprint density at radius 3 is 2.21 bits per heavy atom. The summed E-state index contributed by atoms with van der Waals surface area (Å²) in [5.41, 5.74) is 3.29. The Labute approximate surface area is 151 Å². The summed E-state index contributed by atoms with van der Waals surface area (Å²) >= 11 is 6.18. The zero-order valence-corrected chi connectivity index (χ0v) is 16.0. The van der Waals surface area contributed by atoms with Crippen LogP contribution in [-0.4, -0.2) is 43.1 Å². The van der Waals surface area contributed by atoms with Crippen molar-refractivity contribution in [2.75, 3.05) is 31.6 Å². The van der Waals surface area contributed by atoms with E-state index in [1.54, 1.807) is 0 Å². The molecule has 0 aliphatic carbocycles. The Balaban J connectivity index is 1.91. The monoisotopic (exact) mass is 349 g/mol. The van der Waals surface area contributed by atoms with Crippen LogP contribution in [0.5, 0.6) is 0 Å². The van der Waals surface area contributed by atoms with Gasteiger partial charge in [0.15, 0.2) is 6.04 Å². The number of piperidine rings is 1. The normalized spacial score (nSPS) is 24.8. The number of likely N-dealkylation sites (N-methyl/N-ethyl adjacent to an activating group) is 1. The molecule has 2 fully saturated rings. The molecule has 3 nitrogen and oxygen atoms in total. The fourth-order valence-electron chi connectivity index (χ4n) is 4.71. The average molecular weight is 350 g/mol. The van der Waals surface area contributed by atoms with Gasteiger partial charge >= 0.3 is 0 Å². The molecule has 0 bridgehead atoms. The topological polar surface area (TPSA) is 20.3 Å². The number of nitrogens with zero attached hydrogens (tertiary/aromatic N) is 2. The van der Waals surface area contributed by atoms with Gasteiger partial charge in [0, 0.05) is 23.7 Å². The van der Waals surface area contributed by atoms with Gasteiger partial charge in [-0.05, 0) is 69.2 Å². The van der Waals surface area contributed by atoms with Crippen LogP contribution in [0.4, 0.5) is 5.69 Å². The van der Waals surface area contributed by atoms with Gasteiger partial charge in [-0.1, -0.05) is 11.6 Å². The lowest BCUT2D eigenvalue weighted by atomic mass is 9.97. The summed E-state index contributed by atoms with van der Waals surface area (Å²) in [5.74, 6) is 0.319. The number of hydrogen-bond acceptors (Lipinski definition) is 1. The van der Waals surface area contributed by atoms with E-state index in [0.717, 1.165) is 58.8 Å². The number of anilines is 1. The number of carbonyl (C=O) groups excluding carboxylic acids is 1. The molecule has 3 rings (SSSR count). The largest absolute Gasteiger partial charge is 0.316 e. The molecule has 0 N–H and O–H groups in total. The molecule has 4 heteroatoms. The Kier molecular flexibility index (Phi) is 5.22. The van der Waals surface area contributed by atoms with Gasteiger partial charge in [0.05, 0.1) is 20.1 Å². The Hall–Kier alpha value is -1.06. The number of hydrogen-bond donors (Lipinski definition) is 0. The van der Waals surface area contributed by atoms with Gasteiger partial charge in [-0.25, -0.2) is 0 Å². The van der Waals surface area contributed by atoms with Crippen molar-refractivity contribution in [1.29, 1.82) is 0 Å². The van der Waals surface area contributed by atoms with Crippen LogP contribution in [0.2, 0.25) is 5.02 Å². The molecule has 2 heterocycles. The minimum atomic E-state index is 0.117. The number of benzene rings is 1. The molecule has 1 unspecified atom stereocenters. The molecule has 1 aromatic rings. The predicted molar refractivity (Wildman–Crippen MR) is 101 cm³/mol. The highest BCUT2D eigenvalue weighted by atomic mass is 35.5. The van der Waals surface area contributed by atoms with Gasteiger partial charge < -0.3 is 9.38 Å². The van der Waals surface area contributed by atoms with Gasteiger partial charge in [0.1, 0.15) is 0 Å². The molecule has 0 saturated carbocycles. The maximum absolute atomic E-state index is 13.4. The molecule has 1 aromatic carbocycles. The number of halogens is 1. The maximum Gasteiger partial charge on any atom is 0.285 e. The quantitative estimate of drug-likeness (QED) is 0.721. The number of aryl methyl sites for hydroxylation is 2. The van der Waals surface area contributed by atoms with Crippen molar-refractivity contribution in [3.8, 4) is 0 Å². The first-order chi connectivity index (χ1) is 11.4. The van der Waals surface area contributed by atoms with E-state index in [-0.39, 0.29) is 6.04 Å². The van der Waals surface area contributed by atoms with Crippen LogP contribution in [0, 0.1) is 13.8 Å². The lowest BCUT2D eigenvalue weighted by molar-refractivity contribution is -0.924. The third kappa shape index (κ3) is 3.34. The number of rotatable bonds is 2. The summed E-state index contributed by atoms with van der Waals surface area (Å²) in [6.07, 6.45) is 7.24. The molecule has 0 spiro atoms. The lowest BCUT2D eigenvalue weighted by Crippen LogP contribution is -2.62. The van der Waals surface area contributed by atoms with Crippen LogP contribution >= 0.6 is 11.6 Å². The van der Waals surface area contributed by atoms with Gasteiger partial charge in [-0.3, -0.25) is 4.79 Å². The van der Waals surface area contributed by atoms with E-state index >= 15 is 0 Å². The number of quaternary nitrogens is 1. The molecule has 2 saturated heterocycles. The zero-order chi connectivity index (χ0) is 17.3. The van der Waals surface area contributed by atoms with Crippen molar-refractivity contribution in [3.05, 3.63) is 28.3 Å². The standard InChI is InChI=1S/C20H30ClN2O/c1-15-13-17(21)14-16(2)19(15)22-10-8-9-18(20(22)24)23(3)11-6-4-5-7-12-23/h13-14,18H,4-12H2,1-3H3/q+1. The molecule has 1 amide bonds. The van der Waals surface area contributed by atoms with Crippen LogP contribution < -0.4 is 4.90 Å². The van der Waals surface area contributed by atoms with Gasteiger partial charge in [0.25, 0.3) is 5.91 Å². The lowest BCUT2D eigenvalue weighted by Gasteiger charge is -2.45. The molecular weight excluding hydrogens is 320 g/mol. The average Bonchev–Trinajstić information content (AvgIpc) is 2.73. The van der Waals surface area contributed by atoms with Crippen molar-refractivity contribution >= 4 is 23.2 Å². The summed E-state index contributed by atoms with van der Waals surface area (Å²) in [4.78, 5) is 15.5. The van der Waals surface area contributed by atoms with Crippen molar-refractivity contribution in [3.63, 3.8) is 0 Å².